The van der Waals surface area contributed by atoms with Gasteiger partial charge in [-0.1, -0.05) is 57.2 Å². The lowest BCUT2D eigenvalue weighted by molar-refractivity contribution is 0.0599. The van der Waals surface area contributed by atoms with Crippen LogP contribution in [0.15, 0.2) is 61.2 Å². The van der Waals surface area contributed by atoms with E-state index in [0.717, 1.165) is 11.1 Å². The highest BCUT2D eigenvalue weighted by atomic mass is 28.2. The Morgan fingerprint density at radius 1 is 1.06 bits per heavy atom. The third kappa shape index (κ3) is 7.87. The number of nitrogens with zero attached hydrogens (tertiary/aromatic N) is 1. The van der Waals surface area contributed by atoms with Crippen LogP contribution in [0.1, 0.15) is 56.1 Å². The maximum Gasteiger partial charge on any atom is 0.414 e. The Kier molecular flexibility index (Phi) is 9.02. The van der Waals surface area contributed by atoms with Gasteiger partial charge in [0.15, 0.2) is 9.76 Å². The lowest BCUT2D eigenvalue weighted by atomic mass is 9.95. The summed E-state index contributed by atoms with van der Waals surface area (Å²) in [5.74, 6) is -0.488. The van der Waals surface area contributed by atoms with Crippen molar-refractivity contribution >= 4 is 27.5 Å². The largest absolute Gasteiger partial charge is 0.465 e. The van der Waals surface area contributed by atoms with Gasteiger partial charge in [-0.05, 0) is 48.2 Å². The van der Waals surface area contributed by atoms with E-state index in [1.807, 2.05) is 50.2 Å². The van der Waals surface area contributed by atoms with Gasteiger partial charge in [-0.3, -0.25) is 4.90 Å². The van der Waals surface area contributed by atoms with Crippen LogP contribution in [0.5, 0.6) is 0 Å². The first kappa shape index (κ1) is 26.4. The summed E-state index contributed by atoms with van der Waals surface area (Å²) in [6, 6.07) is 14.7. The van der Waals surface area contributed by atoms with Crippen molar-refractivity contribution in [3.8, 4) is 0 Å². The summed E-state index contributed by atoms with van der Waals surface area (Å²) in [5.41, 5.74) is 1.87. The number of anilines is 1. The Hall–Kier alpha value is -2.90. The minimum absolute atomic E-state index is 0.107. The molecule has 0 heterocycles. The third-order valence-corrected chi connectivity index (χ3v) is 6.68. The molecule has 0 N–H and O–H groups in total. The molecule has 33 heavy (non-hydrogen) atoms. The maximum atomic E-state index is 13.0. The third-order valence-electron chi connectivity index (χ3n) is 4.95. The first-order chi connectivity index (χ1) is 15.5. The molecule has 0 spiro atoms. The molecule has 0 aliphatic carbocycles. The average molecular weight is 470 g/mol. The highest BCUT2D eigenvalue weighted by molar-refractivity contribution is 6.31. The van der Waals surface area contributed by atoms with Gasteiger partial charge in [0.05, 0.1) is 18.3 Å². The van der Waals surface area contributed by atoms with Crippen LogP contribution in [0, 0.1) is 0 Å². The Morgan fingerprint density at radius 2 is 1.73 bits per heavy atom. The Morgan fingerprint density at radius 3 is 2.30 bits per heavy atom. The predicted molar refractivity (Wildman–Crippen MR) is 134 cm³/mol. The van der Waals surface area contributed by atoms with E-state index < -0.39 is 27.4 Å². The normalized spacial score (nSPS) is 11.9. The van der Waals surface area contributed by atoms with Crippen LogP contribution >= 0.6 is 0 Å². The number of esters is 1. The molecule has 6 nitrogen and oxygen atoms in total. The number of hydrogen-bond donors (Lipinski definition) is 0. The van der Waals surface area contributed by atoms with E-state index in [1.54, 1.807) is 18.2 Å². The number of rotatable bonds is 9. The fourth-order valence-electron chi connectivity index (χ4n) is 3.04. The van der Waals surface area contributed by atoms with Crippen LogP contribution < -0.4 is 4.90 Å². The number of ether oxygens (including phenoxy) is 2. The number of carbonyl (C=O) groups is 2. The van der Waals surface area contributed by atoms with Crippen LogP contribution in [0.4, 0.5) is 10.5 Å². The highest BCUT2D eigenvalue weighted by Crippen LogP contribution is 2.33. The van der Waals surface area contributed by atoms with Crippen LogP contribution in [0.25, 0.3) is 0 Å². The van der Waals surface area contributed by atoms with Crippen LogP contribution in [-0.4, -0.2) is 35.5 Å². The fraction of sp³-hybridized carbons (Fsp3) is 0.385. The first-order valence-corrected chi connectivity index (χ1v) is 12.2. The van der Waals surface area contributed by atoms with E-state index in [9.17, 15) is 9.59 Å². The monoisotopic (exact) mass is 469 g/mol. The van der Waals surface area contributed by atoms with Crippen molar-refractivity contribution in [2.75, 3.05) is 18.6 Å². The summed E-state index contributed by atoms with van der Waals surface area (Å²) in [4.78, 5) is 26.9. The summed E-state index contributed by atoms with van der Waals surface area (Å²) in [6.45, 7) is 14.5. The lowest BCUT2D eigenvalue weighted by Crippen LogP contribution is -2.33. The molecule has 2 rings (SSSR count). The number of hydrogen-bond acceptors (Lipinski definition) is 5. The van der Waals surface area contributed by atoms with E-state index in [1.165, 1.54) is 12.0 Å². The van der Waals surface area contributed by atoms with Gasteiger partial charge in [0, 0.05) is 12.2 Å². The molecule has 178 valence electrons. The van der Waals surface area contributed by atoms with Crippen LogP contribution in [0.2, 0.25) is 5.04 Å². The molecule has 1 amide bonds. The van der Waals surface area contributed by atoms with Crippen molar-refractivity contribution in [2.45, 2.75) is 51.9 Å². The molecule has 2 aromatic carbocycles. The van der Waals surface area contributed by atoms with Crippen LogP contribution in [-0.2, 0) is 26.1 Å². The van der Waals surface area contributed by atoms with Crippen molar-refractivity contribution in [2.24, 2.45) is 0 Å². The molecule has 0 aromatic heterocycles. The van der Waals surface area contributed by atoms with E-state index in [0.29, 0.717) is 11.3 Å². The molecular formula is C26H35NO5Si. The standard InChI is InChI=1S/C26H35NO5Si/c1-8-14-27(24(29)31-18-19-12-10-9-11-13-19)22-16-20(23(28)30-7)15-21(17-22)26(5,6)32-33-25(2,3)4/h8-13,15-17H,1,14,18,33H2,2-7H3. The quantitative estimate of drug-likeness (QED) is 0.281. The molecule has 0 unspecified atom stereocenters. The van der Waals surface area contributed by atoms with Crippen LogP contribution in [0.3, 0.4) is 0 Å². The highest BCUT2D eigenvalue weighted by Gasteiger charge is 2.28. The smallest absolute Gasteiger partial charge is 0.414 e. The van der Waals surface area contributed by atoms with Gasteiger partial charge in [-0.15, -0.1) is 6.58 Å². The first-order valence-electron chi connectivity index (χ1n) is 10.9. The molecular weight excluding hydrogens is 434 g/mol. The maximum absolute atomic E-state index is 13.0. The van der Waals surface area contributed by atoms with Gasteiger partial charge in [0.25, 0.3) is 0 Å². The van der Waals surface area contributed by atoms with Gasteiger partial charge < -0.3 is 13.9 Å². The van der Waals surface area contributed by atoms with E-state index in [4.69, 9.17) is 13.9 Å². The molecule has 0 radical (unpaired) electrons. The zero-order chi connectivity index (χ0) is 24.6. The minimum atomic E-state index is -0.868. The van der Waals surface area contributed by atoms with E-state index in [-0.39, 0.29) is 18.2 Å². The average Bonchev–Trinajstić information content (AvgIpc) is 2.79. The van der Waals surface area contributed by atoms with Gasteiger partial charge in [0.1, 0.15) is 6.61 Å². The molecule has 2 aromatic rings. The second-order valence-electron chi connectivity index (χ2n) is 9.56. The van der Waals surface area contributed by atoms with Crippen molar-refractivity contribution in [3.05, 3.63) is 77.9 Å². The molecule has 0 saturated heterocycles. The zero-order valence-corrected chi connectivity index (χ0v) is 21.9. The van der Waals surface area contributed by atoms with Gasteiger partial charge in [-0.25, -0.2) is 9.59 Å². The van der Waals surface area contributed by atoms with E-state index >= 15 is 0 Å². The van der Waals surface area contributed by atoms with Gasteiger partial charge in [-0.2, -0.15) is 0 Å². The Labute approximate surface area is 199 Å². The van der Waals surface area contributed by atoms with E-state index in [2.05, 4.69) is 27.4 Å². The van der Waals surface area contributed by atoms with Crippen molar-refractivity contribution in [1.29, 1.82) is 0 Å². The number of methoxy groups -OCH3 is 1. The lowest BCUT2D eigenvalue weighted by Gasteiger charge is -2.32. The fourth-order valence-corrected chi connectivity index (χ4v) is 4.00. The molecule has 0 saturated carbocycles. The zero-order valence-electron chi connectivity index (χ0n) is 20.5. The summed E-state index contributed by atoms with van der Waals surface area (Å²) in [6.07, 6.45) is 1.08. The molecule has 7 heteroatoms. The molecule has 0 bridgehead atoms. The Bertz CT molecular complexity index is 966. The molecule has 0 fully saturated rings. The number of amides is 1. The second kappa shape index (κ2) is 11.3. The summed E-state index contributed by atoms with van der Waals surface area (Å²) >= 11 is 0. The van der Waals surface area contributed by atoms with Crippen molar-refractivity contribution in [1.82, 2.24) is 0 Å². The van der Waals surface area contributed by atoms with Crippen molar-refractivity contribution < 1.29 is 23.5 Å². The minimum Gasteiger partial charge on any atom is -0.465 e. The summed E-state index contributed by atoms with van der Waals surface area (Å²) < 4.78 is 16.8. The number of carbonyl (C=O) groups excluding carboxylic acids is 2. The second-order valence-corrected chi connectivity index (χ2v) is 12.3. The Balaban J connectivity index is 2.40. The molecule has 0 atom stereocenters. The SMILES string of the molecule is C=CCN(C(=O)OCc1ccccc1)c1cc(C(=O)OC)cc(C(C)(C)O[SiH2]C(C)(C)C)c1. The summed E-state index contributed by atoms with van der Waals surface area (Å²) in [5, 5.41) is 0.107. The van der Waals surface area contributed by atoms with Crippen molar-refractivity contribution in [3.63, 3.8) is 0 Å². The van der Waals surface area contributed by atoms with Gasteiger partial charge >= 0.3 is 12.1 Å². The molecule has 0 aliphatic heterocycles. The number of benzene rings is 2. The molecule has 0 aliphatic rings. The van der Waals surface area contributed by atoms with Gasteiger partial charge in [0.2, 0.25) is 0 Å². The predicted octanol–water partition coefficient (Wildman–Crippen LogP) is 5.36. The summed E-state index contributed by atoms with van der Waals surface area (Å²) in [7, 11) is 0.464. The topological polar surface area (TPSA) is 65.1 Å².